The summed E-state index contributed by atoms with van der Waals surface area (Å²) >= 11 is 0. The second kappa shape index (κ2) is 11.4. The maximum Gasteiger partial charge on any atom is 0.346 e. The van der Waals surface area contributed by atoms with Crippen molar-refractivity contribution in [2.24, 2.45) is 5.92 Å². The van der Waals surface area contributed by atoms with E-state index >= 15 is 0 Å². The van der Waals surface area contributed by atoms with Gasteiger partial charge in [-0.1, -0.05) is 56.5 Å². The molecule has 0 radical (unpaired) electrons. The van der Waals surface area contributed by atoms with Crippen molar-refractivity contribution in [2.75, 3.05) is 7.11 Å². The van der Waals surface area contributed by atoms with Crippen LogP contribution in [0.5, 0.6) is 5.75 Å². The van der Waals surface area contributed by atoms with Crippen LogP contribution in [-0.2, 0) is 14.3 Å². The third-order valence-electron chi connectivity index (χ3n) is 4.77. The Morgan fingerprint density at radius 2 is 2.10 bits per heavy atom. The van der Waals surface area contributed by atoms with E-state index in [9.17, 15) is 14.7 Å². The van der Waals surface area contributed by atoms with Crippen LogP contribution in [0.15, 0.2) is 54.1 Å². The van der Waals surface area contributed by atoms with Crippen molar-refractivity contribution in [3.05, 3.63) is 59.7 Å². The Kier molecular flexibility index (Phi) is 8.87. The molecule has 1 N–H and O–H groups in total. The van der Waals surface area contributed by atoms with E-state index in [2.05, 4.69) is 11.7 Å². The van der Waals surface area contributed by atoms with Crippen LogP contribution in [0.3, 0.4) is 0 Å². The van der Waals surface area contributed by atoms with Crippen molar-refractivity contribution in [1.82, 2.24) is 0 Å². The van der Waals surface area contributed by atoms with Crippen molar-refractivity contribution in [2.45, 2.75) is 51.7 Å². The van der Waals surface area contributed by atoms with Gasteiger partial charge in [-0.3, -0.25) is 4.79 Å². The maximum atomic E-state index is 12.3. The number of aliphatic hydroxyl groups is 1. The Balaban J connectivity index is 2.09. The van der Waals surface area contributed by atoms with E-state index in [4.69, 9.17) is 4.74 Å². The van der Waals surface area contributed by atoms with E-state index in [1.54, 1.807) is 37.3 Å². The monoisotopic (exact) mass is 398 g/mol. The first-order chi connectivity index (χ1) is 13.9. The molecule has 1 aliphatic rings. The summed E-state index contributed by atoms with van der Waals surface area (Å²) in [5, 5.41) is 10.1. The Labute approximate surface area is 172 Å². The number of carbonyl (C=O) groups is 2. The molecule has 5 nitrogen and oxygen atoms in total. The van der Waals surface area contributed by atoms with Gasteiger partial charge in [-0.2, -0.15) is 0 Å². The SMILES string of the molecule is CCCCCC(O)C=CC1C=CC(=O)C1=Cc1cccc(OC(C)C(=O)OC)c1. The summed E-state index contributed by atoms with van der Waals surface area (Å²) in [4.78, 5) is 23.8. The maximum absolute atomic E-state index is 12.3. The van der Waals surface area contributed by atoms with Crippen molar-refractivity contribution in [3.63, 3.8) is 0 Å². The number of hydrogen-bond donors (Lipinski definition) is 1. The fourth-order valence-corrected chi connectivity index (χ4v) is 3.11. The molecule has 5 heteroatoms. The molecule has 0 aliphatic heterocycles. The summed E-state index contributed by atoms with van der Waals surface area (Å²) in [7, 11) is 1.32. The van der Waals surface area contributed by atoms with Crippen molar-refractivity contribution < 1.29 is 24.2 Å². The topological polar surface area (TPSA) is 72.8 Å². The minimum absolute atomic E-state index is 0.0469. The summed E-state index contributed by atoms with van der Waals surface area (Å²) in [6.07, 6.45) is 11.6. The third-order valence-corrected chi connectivity index (χ3v) is 4.77. The number of ketones is 1. The lowest BCUT2D eigenvalue weighted by atomic mass is 9.97. The zero-order valence-corrected chi connectivity index (χ0v) is 17.3. The van der Waals surface area contributed by atoms with Crippen LogP contribution in [0.1, 0.15) is 45.1 Å². The van der Waals surface area contributed by atoms with Crippen LogP contribution < -0.4 is 4.74 Å². The fraction of sp³-hybridized carbons (Fsp3) is 0.417. The number of esters is 1. The number of aliphatic hydroxyl groups excluding tert-OH is 1. The predicted octanol–water partition coefficient (Wildman–Crippen LogP) is 4.26. The van der Waals surface area contributed by atoms with Crippen LogP contribution in [-0.4, -0.2) is 36.2 Å². The van der Waals surface area contributed by atoms with Gasteiger partial charge in [-0.05, 0) is 43.2 Å². The Bertz CT molecular complexity index is 790. The number of unbranched alkanes of at least 4 members (excludes halogenated alkanes) is 2. The Hall–Kier alpha value is -2.66. The smallest absolute Gasteiger partial charge is 0.346 e. The number of hydrogen-bond acceptors (Lipinski definition) is 5. The highest BCUT2D eigenvalue weighted by Crippen LogP contribution is 2.27. The lowest BCUT2D eigenvalue weighted by molar-refractivity contribution is -0.147. The average molecular weight is 398 g/mol. The number of rotatable bonds is 10. The van der Waals surface area contributed by atoms with Gasteiger partial charge in [0.2, 0.25) is 0 Å². The first-order valence-corrected chi connectivity index (χ1v) is 10.1. The zero-order chi connectivity index (χ0) is 21.2. The molecule has 0 aromatic heterocycles. The van der Waals surface area contributed by atoms with Crippen molar-refractivity contribution in [3.8, 4) is 5.75 Å². The lowest BCUT2D eigenvalue weighted by Gasteiger charge is -2.13. The molecule has 3 unspecified atom stereocenters. The Morgan fingerprint density at radius 1 is 1.31 bits per heavy atom. The minimum atomic E-state index is -0.720. The molecule has 0 saturated heterocycles. The normalized spacial score (nSPS) is 19.7. The number of carbonyl (C=O) groups excluding carboxylic acids is 2. The largest absolute Gasteiger partial charge is 0.479 e. The van der Waals surface area contributed by atoms with Crippen molar-refractivity contribution in [1.29, 1.82) is 0 Å². The lowest BCUT2D eigenvalue weighted by Crippen LogP contribution is -2.24. The van der Waals surface area contributed by atoms with Crippen molar-refractivity contribution >= 4 is 17.8 Å². The highest BCUT2D eigenvalue weighted by Gasteiger charge is 2.21. The van der Waals surface area contributed by atoms with Crippen LogP contribution in [0.25, 0.3) is 6.08 Å². The molecule has 0 bridgehead atoms. The van der Waals surface area contributed by atoms with E-state index < -0.39 is 18.2 Å². The molecule has 1 aromatic rings. The number of ether oxygens (including phenoxy) is 2. The first-order valence-electron chi connectivity index (χ1n) is 10.1. The van der Waals surface area contributed by atoms with Crippen LogP contribution in [0.4, 0.5) is 0 Å². The summed E-state index contributed by atoms with van der Waals surface area (Å²) in [6.45, 7) is 3.75. The molecule has 0 saturated carbocycles. The van der Waals surface area contributed by atoms with Crippen LogP contribution >= 0.6 is 0 Å². The van der Waals surface area contributed by atoms with Gasteiger partial charge in [0.25, 0.3) is 0 Å². The highest BCUT2D eigenvalue weighted by molar-refractivity contribution is 6.10. The summed E-state index contributed by atoms with van der Waals surface area (Å²) in [5.74, 6) is -0.142. The van der Waals surface area contributed by atoms with Gasteiger partial charge in [-0.15, -0.1) is 0 Å². The molecule has 0 spiro atoms. The third kappa shape index (κ3) is 7.02. The van der Waals surface area contributed by atoms with Gasteiger partial charge in [0.1, 0.15) is 5.75 Å². The summed E-state index contributed by atoms with van der Waals surface area (Å²) < 4.78 is 10.3. The number of methoxy groups -OCH3 is 1. The summed E-state index contributed by atoms with van der Waals surface area (Å²) in [5.41, 5.74) is 1.44. The van der Waals surface area contributed by atoms with Gasteiger partial charge >= 0.3 is 5.97 Å². The molecule has 1 aliphatic carbocycles. The van der Waals surface area contributed by atoms with Gasteiger partial charge in [-0.25, -0.2) is 4.79 Å². The molecule has 0 heterocycles. The molecule has 3 atom stereocenters. The minimum Gasteiger partial charge on any atom is -0.479 e. The summed E-state index contributed by atoms with van der Waals surface area (Å²) in [6, 6.07) is 7.20. The van der Waals surface area contributed by atoms with Crippen LogP contribution in [0.2, 0.25) is 0 Å². The number of allylic oxidation sites excluding steroid dienone is 4. The van der Waals surface area contributed by atoms with E-state index in [0.717, 1.165) is 31.2 Å². The van der Waals surface area contributed by atoms with E-state index in [1.165, 1.54) is 7.11 Å². The second-order valence-electron chi connectivity index (χ2n) is 7.15. The van der Waals surface area contributed by atoms with Gasteiger partial charge in [0.15, 0.2) is 11.9 Å². The van der Waals surface area contributed by atoms with E-state index in [1.807, 2.05) is 24.3 Å². The molecule has 1 aromatic carbocycles. The van der Waals surface area contributed by atoms with Crippen LogP contribution in [0, 0.1) is 5.92 Å². The molecule has 0 fully saturated rings. The molecule has 29 heavy (non-hydrogen) atoms. The molecular weight excluding hydrogens is 368 g/mol. The zero-order valence-electron chi connectivity index (χ0n) is 17.3. The predicted molar refractivity (Wildman–Crippen MR) is 113 cm³/mol. The van der Waals surface area contributed by atoms with E-state index in [-0.39, 0.29) is 11.7 Å². The van der Waals surface area contributed by atoms with Gasteiger partial charge in [0.05, 0.1) is 13.2 Å². The first kappa shape index (κ1) is 22.6. The average Bonchev–Trinajstić information content (AvgIpc) is 3.05. The molecule has 2 rings (SSSR count). The fourth-order valence-electron chi connectivity index (χ4n) is 3.11. The molecule has 0 amide bonds. The molecule has 156 valence electrons. The standard InChI is InChI=1S/C24H30O5/c1-4-5-6-9-20(25)13-11-19-12-14-23(26)22(19)16-18-8-7-10-21(15-18)29-17(2)24(27)28-3/h7-8,10-17,19-20,25H,4-6,9H2,1-3H3. The Morgan fingerprint density at radius 3 is 2.83 bits per heavy atom. The van der Waals surface area contributed by atoms with Gasteiger partial charge < -0.3 is 14.6 Å². The quantitative estimate of drug-likeness (QED) is 0.276. The van der Waals surface area contributed by atoms with Gasteiger partial charge in [0, 0.05) is 11.5 Å². The van der Waals surface area contributed by atoms with E-state index in [0.29, 0.717) is 11.3 Å². The highest BCUT2D eigenvalue weighted by atomic mass is 16.6. The molecular formula is C24H30O5. The number of benzene rings is 1. The second-order valence-corrected chi connectivity index (χ2v) is 7.15.